The van der Waals surface area contributed by atoms with Gasteiger partial charge in [-0.3, -0.25) is 0 Å². The average molecular weight is 312 g/mol. The lowest BCUT2D eigenvalue weighted by Crippen LogP contribution is -2.62. The zero-order valence-corrected chi connectivity index (χ0v) is 13.0. The zero-order chi connectivity index (χ0) is 15.3. The van der Waals surface area contributed by atoms with Crippen molar-refractivity contribution in [3.05, 3.63) is 29.6 Å². The van der Waals surface area contributed by atoms with Crippen LogP contribution in [0.4, 0.5) is 10.1 Å². The molecule has 21 heavy (non-hydrogen) atoms. The van der Waals surface area contributed by atoms with Gasteiger partial charge >= 0.3 is 0 Å². The fraction of sp³-hybridized carbons (Fsp3) is 0.600. The van der Waals surface area contributed by atoms with Crippen molar-refractivity contribution >= 4 is 15.5 Å². The lowest BCUT2D eigenvalue weighted by Gasteiger charge is -2.44. The van der Waals surface area contributed by atoms with Gasteiger partial charge in [0.05, 0.1) is 16.0 Å². The first-order valence-corrected chi connectivity index (χ1v) is 8.96. The van der Waals surface area contributed by atoms with E-state index in [1.54, 1.807) is 6.92 Å². The quantitative estimate of drug-likeness (QED) is 0.778. The van der Waals surface area contributed by atoms with Crippen LogP contribution in [0.2, 0.25) is 0 Å². The third-order valence-electron chi connectivity index (χ3n) is 5.04. The summed E-state index contributed by atoms with van der Waals surface area (Å²) in [5.41, 5.74) is 5.58. The number of nitrogens with one attached hydrogen (secondary N) is 1. The number of rotatable bonds is 1. The molecule has 4 nitrogen and oxygen atoms in total. The summed E-state index contributed by atoms with van der Waals surface area (Å²) in [7, 11) is -3.28. The molecule has 1 aromatic carbocycles. The number of benzene rings is 1. The Bertz CT molecular complexity index is 668. The van der Waals surface area contributed by atoms with Gasteiger partial charge in [0, 0.05) is 17.8 Å². The molecule has 1 aliphatic carbocycles. The van der Waals surface area contributed by atoms with Crippen LogP contribution in [0, 0.1) is 5.82 Å². The first kappa shape index (κ1) is 14.8. The SMILES string of the molecule is CC1(c2cc(N)ccc2F)CS(=O)(=O)C2(CCCC2)CN1. The smallest absolute Gasteiger partial charge is 0.159 e. The molecule has 0 amide bonds. The predicted molar refractivity (Wildman–Crippen MR) is 81.2 cm³/mol. The predicted octanol–water partition coefficient (Wildman–Crippen LogP) is 1.95. The van der Waals surface area contributed by atoms with Crippen LogP contribution in [-0.4, -0.2) is 25.5 Å². The minimum atomic E-state index is -3.28. The molecule has 2 fully saturated rings. The molecule has 1 saturated carbocycles. The number of sulfone groups is 1. The van der Waals surface area contributed by atoms with Gasteiger partial charge in [-0.25, -0.2) is 12.8 Å². The largest absolute Gasteiger partial charge is 0.399 e. The summed E-state index contributed by atoms with van der Waals surface area (Å²) >= 11 is 0. The summed E-state index contributed by atoms with van der Waals surface area (Å²) in [6.45, 7) is 2.13. The fourth-order valence-electron chi connectivity index (χ4n) is 3.70. The van der Waals surface area contributed by atoms with E-state index >= 15 is 0 Å². The summed E-state index contributed by atoms with van der Waals surface area (Å²) in [6, 6.07) is 4.31. The van der Waals surface area contributed by atoms with Crippen molar-refractivity contribution < 1.29 is 12.8 Å². The molecule has 1 aromatic rings. The van der Waals surface area contributed by atoms with E-state index in [9.17, 15) is 12.8 Å². The highest BCUT2D eigenvalue weighted by Gasteiger charge is 2.53. The second kappa shape index (κ2) is 4.68. The van der Waals surface area contributed by atoms with Gasteiger partial charge in [0.1, 0.15) is 5.82 Å². The Hall–Kier alpha value is -1.14. The molecule has 0 radical (unpaired) electrons. The number of hydrogen-bond acceptors (Lipinski definition) is 4. The monoisotopic (exact) mass is 312 g/mol. The van der Waals surface area contributed by atoms with E-state index in [-0.39, 0.29) is 5.75 Å². The molecule has 0 bridgehead atoms. The number of anilines is 1. The first-order chi connectivity index (χ1) is 9.78. The molecule has 1 atom stereocenters. The van der Waals surface area contributed by atoms with Crippen LogP contribution in [0.3, 0.4) is 0 Å². The summed E-state index contributed by atoms with van der Waals surface area (Å²) in [5.74, 6) is -0.503. The summed E-state index contributed by atoms with van der Waals surface area (Å²) in [6.07, 6.45) is 3.31. The second-order valence-corrected chi connectivity index (χ2v) is 8.96. The zero-order valence-electron chi connectivity index (χ0n) is 12.2. The molecule has 6 heteroatoms. The van der Waals surface area contributed by atoms with Gasteiger partial charge in [0.15, 0.2) is 9.84 Å². The topological polar surface area (TPSA) is 72.2 Å². The molecular formula is C15H21FN2O2S. The van der Waals surface area contributed by atoms with Crippen molar-refractivity contribution in [2.24, 2.45) is 0 Å². The Morgan fingerprint density at radius 1 is 1.29 bits per heavy atom. The molecule has 1 heterocycles. The summed E-state index contributed by atoms with van der Waals surface area (Å²) < 4.78 is 39.1. The highest BCUT2D eigenvalue weighted by Crippen LogP contribution is 2.43. The van der Waals surface area contributed by atoms with Crippen LogP contribution in [0.5, 0.6) is 0 Å². The molecule has 1 unspecified atom stereocenters. The Labute approximate surface area is 124 Å². The van der Waals surface area contributed by atoms with E-state index < -0.39 is 25.9 Å². The third kappa shape index (κ3) is 2.25. The highest BCUT2D eigenvalue weighted by atomic mass is 32.2. The molecule has 3 N–H and O–H groups in total. The first-order valence-electron chi connectivity index (χ1n) is 7.31. The standard InChI is InChI=1S/C15H21FN2O2S/c1-14(12-8-11(17)4-5-13(12)16)10-21(19,20)15(9-18-14)6-2-3-7-15/h4-5,8,18H,2-3,6-7,9-10,17H2,1H3. The van der Waals surface area contributed by atoms with E-state index in [4.69, 9.17) is 5.73 Å². The molecule has 1 aliphatic heterocycles. The molecule has 2 aliphatic rings. The Morgan fingerprint density at radius 2 is 1.95 bits per heavy atom. The maximum Gasteiger partial charge on any atom is 0.159 e. The van der Waals surface area contributed by atoms with Gasteiger partial charge in [-0.2, -0.15) is 0 Å². The van der Waals surface area contributed by atoms with Crippen LogP contribution in [-0.2, 0) is 15.4 Å². The van der Waals surface area contributed by atoms with Crippen molar-refractivity contribution in [1.29, 1.82) is 0 Å². The van der Waals surface area contributed by atoms with Crippen molar-refractivity contribution in [3.8, 4) is 0 Å². The van der Waals surface area contributed by atoms with E-state index in [1.165, 1.54) is 18.2 Å². The van der Waals surface area contributed by atoms with Crippen LogP contribution < -0.4 is 11.1 Å². The molecule has 116 valence electrons. The third-order valence-corrected chi connectivity index (χ3v) is 7.87. The van der Waals surface area contributed by atoms with Crippen molar-refractivity contribution in [2.75, 3.05) is 18.0 Å². The van der Waals surface area contributed by atoms with Gasteiger partial charge in [-0.1, -0.05) is 12.8 Å². The van der Waals surface area contributed by atoms with Crippen molar-refractivity contribution in [1.82, 2.24) is 5.32 Å². The van der Waals surface area contributed by atoms with Crippen LogP contribution >= 0.6 is 0 Å². The van der Waals surface area contributed by atoms with E-state index in [0.29, 0.717) is 30.6 Å². The summed E-state index contributed by atoms with van der Waals surface area (Å²) in [4.78, 5) is 0. The Morgan fingerprint density at radius 3 is 2.57 bits per heavy atom. The van der Waals surface area contributed by atoms with Gasteiger partial charge in [0.25, 0.3) is 0 Å². The van der Waals surface area contributed by atoms with Crippen LogP contribution in [0.15, 0.2) is 18.2 Å². The number of nitrogens with two attached hydrogens (primary N) is 1. The van der Waals surface area contributed by atoms with Gasteiger partial charge in [-0.15, -0.1) is 0 Å². The molecule has 1 spiro atoms. The fourth-order valence-corrected chi connectivity index (χ4v) is 6.22. The molecular weight excluding hydrogens is 291 g/mol. The van der Waals surface area contributed by atoms with Gasteiger partial charge < -0.3 is 11.1 Å². The van der Waals surface area contributed by atoms with E-state index in [0.717, 1.165) is 12.8 Å². The van der Waals surface area contributed by atoms with Gasteiger partial charge in [-0.05, 0) is 38.0 Å². The van der Waals surface area contributed by atoms with Gasteiger partial charge in [0.2, 0.25) is 0 Å². The van der Waals surface area contributed by atoms with Crippen molar-refractivity contribution in [2.45, 2.75) is 42.9 Å². The number of halogens is 1. The minimum Gasteiger partial charge on any atom is -0.399 e. The van der Waals surface area contributed by atoms with Crippen molar-refractivity contribution in [3.63, 3.8) is 0 Å². The lowest BCUT2D eigenvalue weighted by molar-refractivity contribution is 0.324. The minimum absolute atomic E-state index is 0.0830. The maximum absolute atomic E-state index is 14.1. The van der Waals surface area contributed by atoms with Crippen LogP contribution in [0.1, 0.15) is 38.2 Å². The molecule has 0 aromatic heterocycles. The Balaban J connectivity index is 2.00. The average Bonchev–Trinajstić information content (AvgIpc) is 2.88. The number of nitrogen functional groups attached to an aromatic ring is 1. The van der Waals surface area contributed by atoms with E-state index in [1.807, 2.05) is 0 Å². The lowest BCUT2D eigenvalue weighted by atomic mass is 9.91. The van der Waals surface area contributed by atoms with E-state index in [2.05, 4.69) is 5.32 Å². The normalized spacial score (nSPS) is 30.6. The Kier molecular flexibility index (Phi) is 3.29. The number of hydrogen-bond donors (Lipinski definition) is 2. The summed E-state index contributed by atoms with van der Waals surface area (Å²) in [5, 5.41) is 3.29. The molecule has 3 rings (SSSR count). The van der Waals surface area contributed by atoms with Crippen LogP contribution in [0.25, 0.3) is 0 Å². The second-order valence-electron chi connectivity index (χ2n) is 6.57. The molecule has 1 saturated heterocycles. The maximum atomic E-state index is 14.1. The highest BCUT2D eigenvalue weighted by molar-refractivity contribution is 7.93.